The van der Waals surface area contributed by atoms with Crippen molar-refractivity contribution in [3.63, 3.8) is 0 Å². The number of rotatable bonds is 8. The first-order valence-corrected chi connectivity index (χ1v) is 12.0. The molecule has 7 heteroatoms. The smallest absolute Gasteiger partial charge is 0.270 e. The average molecular weight is 436 g/mol. The third kappa shape index (κ3) is 4.18. The zero-order chi connectivity index (χ0) is 22.4. The van der Waals surface area contributed by atoms with Crippen LogP contribution in [0.25, 0.3) is 0 Å². The Bertz CT molecular complexity index is 1010. The minimum Gasteiger partial charge on any atom is -0.339 e. The molecule has 0 unspecified atom stereocenters. The van der Waals surface area contributed by atoms with E-state index in [2.05, 4.69) is 15.7 Å². The standard InChI is InChI=1S/C25H33N5O2/c1-14(2)30-21(11-12-27-30)24(31)29-23(22(15-3-4-15)16-5-6-16)25(32)28-18-8-9-19-17(13-18)7-10-20(19)26/h8-9,11-16,20,22-23H,3-7,10,26H2,1-2H3,(H,28,32)(H,29,31)/t20-,23+/m1/s1. The second-order valence-electron chi connectivity index (χ2n) is 10.0. The van der Waals surface area contributed by atoms with Gasteiger partial charge in [0.1, 0.15) is 11.7 Å². The molecule has 3 aliphatic carbocycles. The van der Waals surface area contributed by atoms with E-state index in [1.165, 1.54) is 11.1 Å². The fraction of sp³-hybridized carbons (Fsp3) is 0.560. The second kappa shape index (κ2) is 8.35. The summed E-state index contributed by atoms with van der Waals surface area (Å²) in [5.74, 6) is 0.873. The van der Waals surface area contributed by atoms with E-state index in [0.717, 1.165) is 44.2 Å². The summed E-state index contributed by atoms with van der Waals surface area (Å²) in [5, 5.41) is 10.5. The molecular weight excluding hydrogens is 402 g/mol. The van der Waals surface area contributed by atoms with Crippen LogP contribution < -0.4 is 16.4 Å². The van der Waals surface area contributed by atoms with Crippen molar-refractivity contribution >= 4 is 17.5 Å². The van der Waals surface area contributed by atoms with Gasteiger partial charge in [0.05, 0.1) is 0 Å². The molecule has 1 aromatic carbocycles. The Kier molecular flexibility index (Phi) is 5.53. The molecule has 0 aliphatic heterocycles. The van der Waals surface area contributed by atoms with Gasteiger partial charge in [0.15, 0.2) is 0 Å². The van der Waals surface area contributed by atoms with Gasteiger partial charge in [-0.15, -0.1) is 0 Å². The highest BCUT2D eigenvalue weighted by Gasteiger charge is 2.48. The average Bonchev–Trinajstić information content (AvgIpc) is 3.69. The fourth-order valence-electron chi connectivity index (χ4n) is 5.30. The van der Waals surface area contributed by atoms with Crippen molar-refractivity contribution in [2.24, 2.45) is 23.5 Å². The van der Waals surface area contributed by atoms with Gasteiger partial charge in [0, 0.05) is 24.0 Å². The summed E-state index contributed by atoms with van der Waals surface area (Å²) >= 11 is 0. The number of aryl methyl sites for hydroxylation is 1. The van der Waals surface area contributed by atoms with Gasteiger partial charge in [-0.2, -0.15) is 5.10 Å². The van der Waals surface area contributed by atoms with Crippen LogP contribution in [0.15, 0.2) is 30.5 Å². The maximum absolute atomic E-state index is 13.5. The quantitative estimate of drug-likeness (QED) is 0.590. The number of nitrogens with zero attached hydrogens (tertiary/aromatic N) is 2. The van der Waals surface area contributed by atoms with Gasteiger partial charge >= 0.3 is 0 Å². The van der Waals surface area contributed by atoms with Crippen LogP contribution in [0.5, 0.6) is 0 Å². The lowest BCUT2D eigenvalue weighted by Crippen LogP contribution is -2.50. The number of amides is 2. The van der Waals surface area contributed by atoms with Crippen LogP contribution in [0.1, 0.15) is 79.7 Å². The third-order valence-corrected chi connectivity index (χ3v) is 7.21. The van der Waals surface area contributed by atoms with Crippen LogP contribution in [0.4, 0.5) is 5.69 Å². The minimum atomic E-state index is -0.548. The summed E-state index contributed by atoms with van der Waals surface area (Å²) in [6.45, 7) is 3.98. The first-order valence-electron chi connectivity index (χ1n) is 12.0. The topological polar surface area (TPSA) is 102 Å². The number of carbonyl (C=O) groups excluding carboxylic acids is 2. The summed E-state index contributed by atoms with van der Waals surface area (Å²) in [5.41, 5.74) is 9.81. The molecule has 0 spiro atoms. The van der Waals surface area contributed by atoms with E-state index in [4.69, 9.17) is 5.73 Å². The molecule has 5 rings (SSSR count). The number of carbonyl (C=O) groups is 2. The number of anilines is 1. The van der Waals surface area contributed by atoms with E-state index in [9.17, 15) is 9.59 Å². The molecule has 0 saturated heterocycles. The van der Waals surface area contributed by atoms with Gasteiger partial charge in [-0.25, -0.2) is 0 Å². The third-order valence-electron chi connectivity index (χ3n) is 7.21. The zero-order valence-corrected chi connectivity index (χ0v) is 18.9. The van der Waals surface area contributed by atoms with Crippen molar-refractivity contribution in [3.05, 3.63) is 47.3 Å². The molecule has 1 aromatic heterocycles. The van der Waals surface area contributed by atoms with Crippen LogP contribution in [0.3, 0.4) is 0 Å². The van der Waals surface area contributed by atoms with Gasteiger partial charge in [-0.1, -0.05) is 6.07 Å². The molecule has 0 bridgehead atoms. The van der Waals surface area contributed by atoms with Crippen molar-refractivity contribution in [3.8, 4) is 0 Å². The zero-order valence-electron chi connectivity index (χ0n) is 18.9. The lowest BCUT2D eigenvalue weighted by atomic mass is 9.88. The van der Waals surface area contributed by atoms with Crippen LogP contribution in [0, 0.1) is 17.8 Å². The molecule has 7 nitrogen and oxygen atoms in total. The first kappa shape index (κ1) is 21.2. The summed E-state index contributed by atoms with van der Waals surface area (Å²) in [6.07, 6.45) is 8.08. The van der Waals surface area contributed by atoms with Gasteiger partial charge in [0.25, 0.3) is 5.91 Å². The van der Waals surface area contributed by atoms with E-state index in [-0.39, 0.29) is 29.8 Å². The van der Waals surface area contributed by atoms with E-state index >= 15 is 0 Å². The molecule has 2 atom stereocenters. The van der Waals surface area contributed by atoms with Crippen molar-refractivity contribution in [2.75, 3.05) is 5.32 Å². The van der Waals surface area contributed by atoms with Crippen molar-refractivity contribution in [1.29, 1.82) is 0 Å². The lowest BCUT2D eigenvalue weighted by Gasteiger charge is -2.28. The van der Waals surface area contributed by atoms with Crippen molar-refractivity contribution in [2.45, 2.75) is 70.5 Å². The van der Waals surface area contributed by atoms with E-state index < -0.39 is 6.04 Å². The molecule has 2 fully saturated rings. The van der Waals surface area contributed by atoms with Gasteiger partial charge < -0.3 is 16.4 Å². The predicted molar refractivity (Wildman–Crippen MR) is 123 cm³/mol. The maximum atomic E-state index is 13.5. The SMILES string of the molecule is CC(C)n1nccc1C(=O)N[C@H](C(=O)Nc1ccc2c(c1)CC[C@H]2N)C(C1CC1)C1CC1. The highest BCUT2D eigenvalue weighted by Crippen LogP contribution is 2.51. The highest BCUT2D eigenvalue weighted by atomic mass is 16.2. The predicted octanol–water partition coefficient (Wildman–Crippen LogP) is 3.58. The molecule has 4 N–H and O–H groups in total. The Labute approximate surface area is 189 Å². The molecule has 170 valence electrons. The Balaban J connectivity index is 1.38. The van der Waals surface area contributed by atoms with Crippen molar-refractivity contribution < 1.29 is 9.59 Å². The molecule has 2 aromatic rings. The molecule has 3 aliphatic rings. The Hall–Kier alpha value is -2.67. The molecule has 0 radical (unpaired) electrons. The highest BCUT2D eigenvalue weighted by molar-refractivity contribution is 6.00. The number of hydrogen-bond donors (Lipinski definition) is 3. The van der Waals surface area contributed by atoms with Gasteiger partial charge in [-0.05, 0) is 99.5 Å². The van der Waals surface area contributed by atoms with Crippen LogP contribution in [-0.4, -0.2) is 27.6 Å². The van der Waals surface area contributed by atoms with Gasteiger partial charge in [-0.3, -0.25) is 14.3 Å². The van der Waals surface area contributed by atoms with E-state index in [1.54, 1.807) is 16.9 Å². The molecule has 32 heavy (non-hydrogen) atoms. The molecule has 2 amide bonds. The van der Waals surface area contributed by atoms with Crippen molar-refractivity contribution in [1.82, 2.24) is 15.1 Å². The number of aromatic nitrogens is 2. The molecule has 2 saturated carbocycles. The number of nitrogens with one attached hydrogen (secondary N) is 2. The number of benzene rings is 1. The number of fused-ring (bicyclic) bond motifs is 1. The van der Waals surface area contributed by atoms with Crippen LogP contribution in [0.2, 0.25) is 0 Å². The summed E-state index contributed by atoms with van der Waals surface area (Å²) in [4.78, 5) is 26.7. The fourth-order valence-corrected chi connectivity index (χ4v) is 5.30. The summed E-state index contributed by atoms with van der Waals surface area (Å²) in [6, 6.07) is 7.32. The second-order valence-corrected chi connectivity index (χ2v) is 10.0. The molecule has 1 heterocycles. The van der Waals surface area contributed by atoms with Gasteiger partial charge in [0.2, 0.25) is 5.91 Å². The van der Waals surface area contributed by atoms with Crippen LogP contribution >= 0.6 is 0 Å². The van der Waals surface area contributed by atoms with Crippen LogP contribution in [-0.2, 0) is 11.2 Å². The molecular formula is C25H33N5O2. The lowest BCUT2D eigenvalue weighted by molar-refractivity contribution is -0.119. The summed E-state index contributed by atoms with van der Waals surface area (Å²) < 4.78 is 1.71. The maximum Gasteiger partial charge on any atom is 0.270 e. The Morgan fingerprint density at radius 2 is 1.81 bits per heavy atom. The monoisotopic (exact) mass is 435 g/mol. The first-order chi connectivity index (χ1) is 15.4. The summed E-state index contributed by atoms with van der Waals surface area (Å²) in [7, 11) is 0. The largest absolute Gasteiger partial charge is 0.339 e. The Morgan fingerprint density at radius 3 is 2.47 bits per heavy atom. The Morgan fingerprint density at radius 1 is 1.09 bits per heavy atom. The van der Waals surface area contributed by atoms with E-state index in [1.807, 2.05) is 32.0 Å². The number of nitrogens with two attached hydrogens (primary N) is 1. The normalized spacial score (nSPS) is 21.0. The number of hydrogen-bond acceptors (Lipinski definition) is 4. The minimum absolute atomic E-state index is 0.0680. The van der Waals surface area contributed by atoms with E-state index in [0.29, 0.717) is 17.5 Å².